The van der Waals surface area contributed by atoms with E-state index in [1.54, 1.807) is 17.0 Å². The van der Waals surface area contributed by atoms with E-state index >= 15 is 0 Å². The van der Waals surface area contributed by atoms with Gasteiger partial charge in [-0.3, -0.25) is 4.79 Å². The summed E-state index contributed by atoms with van der Waals surface area (Å²) in [7, 11) is -4.21. The summed E-state index contributed by atoms with van der Waals surface area (Å²) < 4.78 is 79.1. The maximum atomic E-state index is 13.9. The van der Waals surface area contributed by atoms with Crippen LogP contribution in [0, 0.1) is 17.1 Å². The lowest BCUT2D eigenvalue weighted by atomic mass is 10.1. The third-order valence-corrected chi connectivity index (χ3v) is 5.91. The van der Waals surface area contributed by atoms with Crippen LogP contribution in [0.2, 0.25) is 0 Å². The van der Waals surface area contributed by atoms with E-state index in [2.05, 4.69) is 4.74 Å². The maximum Gasteiger partial charge on any atom is 0.573 e. The molecule has 13 heteroatoms. The number of amides is 1. The van der Waals surface area contributed by atoms with Gasteiger partial charge in [-0.2, -0.15) is 5.26 Å². The van der Waals surface area contributed by atoms with Crippen LogP contribution in [0.15, 0.2) is 41.3 Å². The highest BCUT2D eigenvalue weighted by molar-refractivity contribution is 7.89. The quantitative estimate of drug-likeness (QED) is 0.648. The van der Waals surface area contributed by atoms with Gasteiger partial charge in [-0.25, -0.2) is 17.9 Å². The molecule has 1 saturated heterocycles. The van der Waals surface area contributed by atoms with Crippen molar-refractivity contribution in [2.45, 2.75) is 17.7 Å². The summed E-state index contributed by atoms with van der Waals surface area (Å²) in [5.74, 6) is -1.91. The van der Waals surface area contributed by atoms with E-state index in [1.165, 1.54) is 17.0 Å². The van der Waals surface area contributed by atoms with Crippen LogP contribution >= 0.6 is 0 Å². The molecule has 1 aliphatic heterocycles. The van der Waals surface area contributed by atoms with E-state index in [-0.39, 0.29) is 24.2 Å². The van der Waals surface area contributed by atoms with Crippen LogP contribution in [0.25, 0.3) is 0 Å². The molecule has 1 aliphatic rings. The highest BCUT2D eigenvalue weighted by Gasteiger charge is 2.33. The summed E-state index contributed by atoms with van der Waals surface area (Å²) >= 11 is 0. The van der Waals surface area contributed by atoms with Crippen molar-refractivity contribution in [3.8, 4) is 11.8 Å². The van der Waals surface area contributed by atoms with Gasteiger partial charge in [-0.15, -0.1) is 13.2 Å². The Balaban J connectivity index is 1.73. The number of carbonyl (C=O) groups excluding carboxylic acids is 1. The second-order valence-corrected chi connectivity index (χ2v) is 8.74. The molecule has 2 aromatic carbocycles. The fraction of sp³-hybridized carbons (Fsp3) is 0.300. The summed E-state index contributed by atoms with van der Waals surface area (Å²) in [5.41, 5.74) is 0.159. The van der Waals surface area contributed by atoms with Crippen LogP contribution in [0.4, 0.5) is 23.2 Å². The average molecular weight is 486 g/mol. The molecule has 0 unspecified atom stereocenters. The van der Waals surface area contributed by atoms with Gasteiger partial charge in [-0.05, 0) is 36.4 Å². The molecule has 0 aliphatic carbocycles. The molecule has 0 atom stereocenters. The number of alkyl halides is 3. The Morgan fingerprint density at radius 2 is 1.79 bits per heavy atom. The number of halogens is 4. The van der Waals surface area contributed by atoms with Crippen molar-refractivity contribution < 1.29 is 35.5 Å². The Labute approximate surface area is 186 Å². The third-order valence-electron chi connectivity index (χ3n) is 5.00. The molecule has 3 rings (SSSR count). The number of piperazine rings is 1. The number of benzene rings is 2. The Morgan fingerprint density at radius 1 is 1.12 bits per heavy atom. The summed E-state index contributed by atoms with van der Waals surface area (Å²) in [6.07, 6.45) is -5.58. The van der Waals surface area contributed by atoms with Crippen molar-refractivity contribution >= 4 is 21.6 Å². The van der Waals surface area contributed by atoms with Gasteiger partial charge >= 0.3 is 6.36 Å². The van der Waals surface area contributed by atoms with Crippen molar-refractivity contribution in [3.05, 3.63) is 53.3 Å². The molecule has 33 heavy (non-hydrogen) atoms. The zero-order valence-electron chi connectivity index (χ0n) is 17.0. The number of anilines is 1. The first-order chi connectivity index (χ1) is 15.4. The van der Waals surface area contributed by atoms with Crippen molar-refractivity contribution in [1.82, 2.24) is 4.90 Å². The number of rotatable bonds is 5. The number of sulfonamides is 1. The number of nitriles is 1. The molecule has 0 aromatic heterocycles. The fourth-order valence-electron chi connectivity index (χ4n) is 3.38. The van der Waals surface area contributed by atoms with Gasteiger partial charge < -0.3 is 14.5 Å². The molecule has 0 saturated carbocycles. The fourth-order valence-corrected chi connectivity index (χ4v) is 3.94. The van der Waals surface area contributed by atoms with Gasteiger partial charge in [0, 0.05) is 37.4 Å². The van der Waals surface area contributed by atoms with E-state index in [0.717, 1.165) is 18.2 Å². The molecule has 1 amide bonds. The van der Waals surface area contributed by atoms with E-state index in [9.17, 15) is 30.8 Å². The number of carbonyl (C=O) groups is 1. The second-order valence-electron chi connectivity index (χ2n) is 7.18. The first kappa shape index (κ1) is 24.3. The monoisotopic (exact) mass is 486 g/mol. The number of nitrogens with two attached hydrogens (primary N) is 1. The maximum absolute atomic E-state index is 13.9. The van der Waals surface area contributed by atoms with E-state index < -0.39 is 45.2 Å². The number of hydrogen-bond acceptors (Lipinski definition) is 6. The van der Waals surface area contributed by atoms with Gasteiger partial charge in [0.05, 0.1) is 16.9 Å². The summed E-state index contributed by atoms with van der Waals surface area (Å²) in [6, 6.07) is 8.42. The molecule has 1 fully saturated rings. The number of hydrogen-bond donors (Lipinski definition) is 1. The van der Waals surface area contributed by atoms with Crippen LogP contribution in [-0.4, -0.2) is 51.8 Å². The molecule has 2 N–H and O–H groups in total. The first-order valence-electron chi connectivity index (χ1n) is 9.51. The zero-order valence-corrected chi connectivity index (χ0v) is 17.8. The highest BCUT2D eigenvalue weighted by atomic mass is 32.2. The van der Waals surface area contributed by atoms with Gasteiger partial charge in [0.1, 0.15) is 17.6 Å². The lowest BCUT2D eigenvalue weighted by Crippen LogP contribution is -2.49. The van der Waals surface area contributed by atoms with E-state index in [1.807, 2.05) is 0 Å². The SMILES string of the molecule is N#Cc1ccc(N2CCN(C(=O)Cc3cc(S(N)(=O)=O)ccc3OC(F)(F)F)CC2)cc1F. The molecule has 2 aromatic rings. The first-order valence-corrected chi connectivity index (χ1v) is 11.1. The van der Waals surface area contributed by atoms with E-state index in [0.29, 0.717) is 18.8 Å². The zero-order chi connectivity index (χ0) is 24.4. The molecule has 176 valence electrons. The lowest BCUT2D eigenvalue weighted by Gasteiger charge is -2.36. The highest BCUT2D eigenvalue weighted by Crippen LogP contribution is 2.29. The molecule has 0 bridgehead atoms. The molecule has 8 nitrogen and oxygen atoms in total. The Kier molecular flexibility index (Phi) is 6.80. The van der Waals surface area contributed by atoms with E-state index in [4.69, 9.17) is 10.4 Å². The summed E-state index contributed by atoms with van der Waals surface area (Å²) in [4.78, 5) is 15.5. The minimum Gasteiger partial charge on any atom is -0.405 e. The predicted octanol–water partition coefficient (Wildman–Crippen LogP) is 2.13. The van der Waals surface area contributed by atoms with Crippen LogP contribution in [0.5, 0.6) is 5.75 Å². The molecule has 0 spiro atoms. The largest absolute Gasteiger partial charge is 0.573 e. The third kappa shape index (κ3) is 6.11. The van der Waals surface area contributed by atoms with Gasteiger partial charge in [0.2, 0.25) is 15.9 Å². The van der Waals surface area contributed by atoms with Gasteiger partial charge in [-0.1, -0.05) is 0 Å². The Bertz CT molecular complexity index is 1200. The topological polar surface area (TPSA) is 117 Å². The van der Waals surface area contributed by atoms with Crippen molar-refractivity contribution in [3.63, 3.8) is 0 Å². The summed E-state index contributed by atoms with van der Waals surface area (Å²) in [6.45, 7) is 1.04. The molecular weight excluding hydrogens is 468 g/mol. The Morgan fingerprint density at radius 3 is 2.33 bits per heavy atom. The van der Waals surface area contributed by atoms with Crippen LogP contribution < -0.4 is 14.8 Å². The molecule has 0 radical (unpaired) electrons. The average Bonchev–Trinajstić information content (AvgIpc) is 2.73. The smallest absolute Gasteiger partial charge is 0.405 e. The minimum absolute atomic E-state index is 0.0915. The van der Waals surface area contributed by atoms with Crippen molar-refractivity contribution in [1.29, 1.82) is 5.26 Å². The number of nitrogens with zero attached hydrogens (tertiary/aromatic N) is 3. The molecule has 1 heterocycles. The number of primary sulfonamides is 1. The predicted molar refractivity (Wildman–Crippen MR) is 108 cm³/mol. The Hall–Kier alpha value is -3.37. The summed E-state index contributed by atoms with van der Waals surface area (Å²) in [5, 5.41) is 13.9. The molecular formula is C20H18F4N4O4S. The lowest BCUT2D eigenvalue weighted by molar-refractivity contribution is -0.274. The number of ether oxygens (including phenoxy) is 1. The van der Waals surface area contributed by atoms with Gasteiger partial charge in [0.25, 0.3) is 0 Å². The van der Waals surface area contributed by atoms with Crippen LogP contribution in [-0.2, 0) is 21.2 Å². The minimum atomic E-state index is -5.04. The van der Waals surface area contributed by atoms with Crippen molar-refractivity contribution in [2.24, 2.45) is 5.14 Å². The van der Waals surface area contributed by atoms with Crippen LogP contribution in [0.1, 0.15) is 11.1 Å². The standard InChI is InChI=1S/C20H18F4N4O4S/c21-17-11-15(2-1-13(17)12-25)27-5-7-28(8-6-27)19(29)10-14-9-16(33(26,30)31)3-4-18(14)32-20(22,23)24/h1-4,9,11H,5-8,10H2,(H2,26,30,31). The van der Waals surface area contributed by atoms with Gasteiger partial charge in [0.15, 0.2) is 0 Å². The van der Waals surface area contributed by atoms with Crippen LogP contribution in [0.3, 0.4) is 0 Å². The normalized spacial score (nSPS) is 14.7. The van der Waals surface area contributed by atoms with Crippen molar-refractivity contribution in [2.75, 3.05) is 31.1 Å². The second kappa shape index (κ2) is 9.24.